The van der Waals surface area contributed by atoms with Gasteiger partial charge in [-0.3, -0.25) is 0 Å². The third-order valence-corrected chi connectivity index (χ3v) is 3.01. The van der Waals surface area contributed by atoms with E-state index in [9.17, 15) is 13.0 Å². The quantitative estimate of drug-likeness (QED) is 0.438. The Balaban J connectivity index is 3.19. The lowest BCUT2D eigenvalue weighted by Gasteiger charge is -2.00. The second kappa shape index (κ2) is 9.85. The first-order chi connectivity index (χ1) is 7.56. The Morgan fingerprint density at radius 2 is 1.44 bits per heavy atom. The molecule has 0 aromatic heterocycles. The molecule has 0 heterocycles. The molecule has 0 N–H and O–H groups in total. The second-order valence-electron chi connectivity index (χ2n) is 4.13. The van der Waals surface area contributed by atoms with Crippen molar-refractivity contribution in [2.24, 2.45) is 0 Å². The fraction of sp³-hybridized carbons (Fsp3) is 0.833. The zero-order valence-electron chi connectivity index (χ0n) is 10.2. The minimum absolute atomic E-state index is 0.691. The molecule has 0 fully saturated rings. The van der Waals surface area contributed by atoms with Crippen molar-refractivity contribution in [1.82, 2.24) is 0 Å². The van der Waals surface area contributed by atoms with E-state index >= 15 is 0 Å². The summed E-state index contributed by atoms with van der Waals surface area (Å²) in [6, 6.07) is 0. The van der Waals surface area contributed by atoms with E-state index in [1.807, 2.05) is 0 Å². The molecule has 4 heteroatoms. The molecule has 0 rings (SSSR count). The summed E-state index contributed by atoms with van der Waals surface area (Å²) in [6.07, 6.45) is 11.9. The summed E-state index contributed by atoms with van der Waals surface area (Å²) in [5, 5.41) is 0.758. The van der Waals surface area contributed by atoms with Crippen molar-refractivity contribution in [3.63, 3.8) is 0 Å². The fourth-order valence-corrected chi connectivity index (χ4v) is 1.95. The van der Waals surface area contributed by atoms with Crippen LogP contribution in [0.4, 0.5) is 0 Å². The molecule has 0 bridgehead atoms. The second-order valence-corrected chi connectivity index (χ2v) is 5.39. The van der Waals surface area contributed by atoms with Crippen LogP contribution in [0.2, 0.25) is 0 Å². The Morgan fingerprint density at radius 1 is 0.938 bits per heavy atom. The normalized spacial score (nSPS) is 12.4. The Morgan fingerprint density at radius 3 is 1.94 bits per heavy atom. The van der Waals surface area contributed by atoms with Crippen molar-refractivity contribution in [2.75, 3.05) is 0 Å². The van der Waals surface area contributed by atoms with E-state index < -0.39 is 10.1 Å². The third-order valence-electron chi connectivity index (χ3n) is 2.49. The lowest BCUT2D eigenvalue weighted by Crippen LogP contribution is -1.89. The Labute approximate surface area is 99.7 Å². The van der Waals surface area contributed by atoms with Gasteiger partial charge in [-0.25, -0.2) is 8.42 Å². The van der Waals surface area contributed by atoms with E-state index in [0.717, 1.165) is 18.2 Å². The molecule has 3 nitrogen and oxygen atoms in total. The van der Waals surface area contributed by atoms with Crippen molar-refractivity contribution in [3.05, 3.63) is 11.5 Å². The van der Waals surface area contributed by atoms with Gasteiger partial charge in [-0.2, -0.15) is 0 Å². The van der Waals surface area contributed by atoms with Crippen LogP contribution < -0.4 is 0 Å². The van der Waals surface area contributed by atoms with Crippen LogP contribution in [-0.2, 0) is 10.1 Å². The van der Waals surface area contributed by atoms with Gasteiger partial charge in [-0.15, -0.1) is 0 Å². The van der Waals surface area contributed by atoms with Gasteiger partial charge in [0.15, 0.2) is 0 Å². The summed E-state index contributed by atoms with van der Waals surface area (Å²) >= 11 is 0. The molecule has 16 heavy (non-hydrogen) atoms. The summed E-state index contributed by atoms with van der Waals surface area (Å²) in [5.41, 5.74) is 0. The molecule has 0 unspecified atom stereocenters. The van der Waals surface area contributed by atoms with Crippen LogP contribution in [-0.4, -0.2) is 13.0 Å². The van der Waals surface area contributed by atoms with E-state index in [4.69, 9.17) is 0 Å². The van der Waals surface area contributed by atoms with Crippen LogP contribution in [0.3, 0.4) is 0 Å². The summed E-state index contributed by atoms with van der Waals surface area (Å²) in [4.78, 5) is 0. The smallest absolute Gasteiger partial charge is 0.117 e. The highest BCUT2D eigenvalue weighted by molar-refractivity contribution is 7.88. The van der Waals surface area contributed by atoms with Crippen molar-refractivity contribution >= 4 is 10.1 Å². The number of hydrogen-bond acceptors (Lipinski definition) is 3. The lowest BCUT2D eigenvalue weighted by atomic mass is 10.1. The van der Waals surface area contributed by atoms with Crippen molar-refractivity contribution in [3.8, 4) is 0 Å². The molecule has 0 aliphatic rings. The van der Waals surface area contributed by atoms with Crippen LogP contribution in [0, 0.1) is 0 Å². The fourth-order valence-electron chi connectivity index (χ4n) is 1.58. The monoisotopic (exact) mass is 247 g/mol. The van der Waals surface area contributed by atoms with Crippen LogP contribution in [0.1, 0.15) is 64.7 Å². The van der Waals surface area contributed by atoms with Gasteiger partial charge in [0.1, 0.15) is 10.1 Å². The average molecular weight is 247 g/mol. The number of rotatable bonds is 10. The van der Waals surface area contributed by atoms with E-state index in [0.29, 0.717) is 6.42 Å². The van der Waals surface area contributed by atoms with Gasteiger partial charge < -0.3 is 4.55 Å². The van der Waals surface area contributed by atoms with Crippen molar-refractivity contribution < 1.29 is 13.0 Å². The third kappa shape index (κ3) is 13.7. The minimum atomic E-state index is -4.16. The lowest BCUT2D eigenvalue weighted by molar-refractivity contribution is 0.474. The van der Waals surface area contributed by atoms with Gasteiger partial charge in [0.25, 0.3) is 0 Å². The highest BCUT2D eigenvalue weighted by Gasteiger charge is 1.90. The van der Waals surface area contributed by atoms with Gasteiger partial charge in [-0.1, -0.05) is 57.9 Å². The minimum Gasteiger partial charge on any atom is -0.744 e. The predicted octanol–water partition coefficient (Wildman–Crippen LogP) is 3.58. The van der Waals surface area contributed by atoms with Gasteiger partial charge in [0, 0.05) is 5.41 Å². The highest BCUT2D eigenvalue weighted by Crippen LogP contribution is 2.09. The van der Waals surface area contributed by atoms with E-state index in [-0.39, 0.29) is 0 Å². The molecule has 0 aromatic rings. The Kier molecular flexibility index (Phi) is 9.63. The maximum Gasteiger partial charge on any atom is 0.117 e. The molecule has 0 saturated heterocycles. The van der Waals surface area contributed by atoms with E-state index in [1.165, 1.54) is 44.6 Å². The molecule has 0 saturated carbocycles. The summed E-state index contributed by atoms with van der Waals surface area (Å²) in [5.74, 6) is 0. The zero-order valence-corrected chi connectivity index (χ0v) is 11.0. The Hall–Kier alpha value is -0.350. The molecular formula is C12H23O3S-. The zero-order chi connectivity index (χ0) is 12.3. The van der Waals surface area contributed by atoms with Crippen LogP contribution in [0.5, 0.6) is 0 Å². The number of hydrogen-bond donors (Lipinski definition) is 0. The topological polar surface area (TPSA) is 57.2 Å². The van der Waals surface area contributed by atoms with Gasteiger partial charge in [0.2, 0.25) is 0 Å². The average Bonchev–Trinajstić information content (AvgIpc) is 2.19. The molecule has 0 spiro atoms. The molecule has 0 atom stereocenters. The summed E-state index contributed by atoms with van der Waals surface area (Å²) < 4.78 is 30.7. The Bertz CT molecular complexity index is 268. The maximum absolute atomic E-state index is 10.2. The van der Waals surface area contributed by atoms with E-state index in [2.05, 4.69) is 6.92 Å². The standard InChI is InChI=1S/C12H24O3S/c1-2-3-4-5-6-7-8-9-10-11-12-16(13,14)15/h11-12H,2-10H2,1H3,(H,13,14,15)/p-1/b12-11+. The van der Waals surface area contributed by atoms with Crippen LogP contribution in [0.15, 0.2) is 11.5 Å². The predicted molar refractivity (Wildman–Crippen MR) is 66.1 cm³/mol. The molecule has 0 aromatic carbocycles. The number of unbranched alkanes of at least 4 members (excludes halogenated alkanes) is 8. The molecule has 0 radical (unpaired) electrons. The molecule has 96 valence electrons. The van der Waals surface area contributed by atoms with Crippen LogP contribution in [0.25, 0.3) is 0 Å². The van der Waals surface area contributed by atoms with Crippen LogP contribution >= 0.6 is 0 Å². The summed E-state index contributed by atoms with van der Waals surface area (Å²) in [7, 11) is -4.16. The molecule has 0 aliphatic heterocycles. The van der Waals surface area contributed by atoms with Gasteiger partial charge >= 0.3 is 0 Å². The highest BCUT2D eigenvalue weighted by atomic mass is 32.2. The van der Waals surface area contributed by atoms with Gasteiger partial charge in [0.05, 0.1) is 0 Å². The largest absolute Gasteiger partial charge is 0.744 e. The SMILES string of the molecule is CCCCCCCCCC/C=C/S(=O)(=O)[O-]. The van der Waals surface area contributed by atoms with Gasteiger partial charge in [-0.05, 0) is 12.8 Å². The summed E-state index contributed by atoms with van der Waals surface area (Å²) in [6.45, 7) is 2.20. The maximum atomic E-state index is 10.2. The van der Waals surface area contributed by atoms with Crippen molar-refractivity contribution in [2.45, 2.75) is 64.7 Å². The first-order valence-electron chi connectivity index (χ1n) is 6.18. The van der Waals surface area contributed by atoms with E-state index in [1.54, 1.807) is 0 Å². The molecule has 0 amide bonds. The van der Waals surface area contributed by atoms with Crippen molar-refractivity contribution in [1.29, 1.82) is 0 Å². The first-order valence-corrected chi connectivity index (χ1v) is 7.66. The number of allylic oxidation sites excluding steroid dienone is 1. The molecular weight excluding hydrogens is 224 g/mol. The first kappa shape index (κ1) is 15.7. The molecule has 0 aliphatic carbocycles.